The van der Waals surface area contributed by atoms with Gasteiger partial charge < -0.3 is 15.4 Å². The highest BCUT2D eigenvalue weighted by Gasteiger charge is 2.14. The van der Waals surface area contributed by atoms with Gasteiger partial charge in [-0.25, -0.2) is 0 Å². The van der Waals surface area contributed by atoms with Gasteiger partial charge in [0, 0.05) is 0 Å². The number of ether oxygens (including phenoxy) is 1. The predicted molar refractivity (Wildman–Crippen MR) is 75.3 cm³/mol. The summed E-state index contributed by atoms with van der Waals surface area (Å²) in [6.45, 7) is 5.32. The maximum atomic E-state index is 6.07. The van der Waals surface area contributed by atoms with Crippen molar-refractivity contribution in [1.82, 2.24) is 10.6 Å². The van der Waals surface area contributed by atoms with Gasteiger partial charge >= 0.3 is 0 Å². The molecule has 1 fully saturated rings. The van der Waals surface area contributed by atoms with Crippen molar-refractivity contribution in [2.75, 3.05) is 26.7 Å². The van der Waals surface area contributed by atoms with Crippen LogP contribution in [0.2, 0.25) is 0 Å². The second-order valence-electron chi connectivity index (χ2n) is 5.01. The highest BCUT2D eigenvalue weighted by Crippen LogP contribution is 2.21. The number of aryl methyl sites for hydroxylation is 1. The average molecular weight is 248 g/mol. The van der Waals surface area contributed by atoms with Gasteiger partial charge in [0.25, 0.3) is 0 Å². The van der Waals surface area contributed by atoms with Crippen molar-refractivity contribution < 1.29 is 4.74 Å². The minimum atomic E-state index is 0.381. The fourth-order valence-corrected chi connectivity index (χ4v) is 2.36. The van der Waals surface area contributed by atoms with E-state index in [0.717, 1.165) is 44.6 Å². The monoisotopic (exact) mass is 248 g/mol. The van der Waals surface area contributed by atoms with Gasteiger partial charge in [0.1, 0.15) is 11.9 Å². The maximum absolute atomic E-state index is 6.07. The normalized spacial score (nSPS) is 16.8. The molecule has 1 aromatic carbocycles. The van der Waals surface area contributed by atoms with E-state index in [-0.39, 0.29) is 0 Å². The zero-order valence-electron chi connectivity index (χ0n) is 11.5. The number of benzene rings is 1. The Bertz CT molecular complexity index is 373. The van der Waals surface area contributed by atoms with Crippen LogP contribution in [-0.4, -0.2) is 32.8 Å². The van der Waals surface area contributed by atoms with Crippen molar-refractivity contribution in [1.29, 1.82) is 0 Å². The number of rotatable bonds is 5. The van der Waals surface area contributed by atoms with Crippen LogP contribution in [0.4, 0.5) is 0 Å². The lowest BCUT2D eigenvalue weighted by Gasteiger charge is -2.24. The van der Waals surface area contributed by atoms with E-state index in [4.69, 9.17) is 4.74 Å². The molecule has 0 amide bonds. The van der Waals surface area contributed by atoms with Gasteiger partial charge in [-0.1, -0.05) is 6.07 Å². The summed E-state index contributed by atoms with van der Waals surface area (Å²) in [5, 5.41) is 6.56. The molecule has 100 valence electrons. The molecule has 3 heteroatoms. The smallest absolute Gasteiger partial charge is 0.120 e. The van der Waals surface area contributed by atoms with Crippen LogP contribution in [0.15, 0.2) is 18.2 Å². The van der Waals surface area contributed by atoms with Crippen LogP contribution < -0.4 is 15.4 Å². The number of nitrogens with one attached hydrogen (secondary N) is 2. The molecule has 0 unspecified atom stereocenters. The van der Waals surface area contributed by atoms with Crippen molar-refractivity contribution in [3.63, 3.8) is 0 Å². The van der Waals surface area contributed by atoms with Crippen molar-refractivity contribution in [2.24, 2.45) is 0 Å². The predicted octanol–water partition coefficient (Wildman–Crippen LogP) is 1.89. The molecular weight excluding hydrogens is 224 g/mol. The highest BCUT2D eigenvalue weighted by atomic mass is 16.5. The first kappa shape index (κ1) is 13.4. The number of piperidine rings is 1. The van der Waals surface area contributed by atoms with Crippen LogP contribution in [0.25, 0.3) is 0 Å². The Labute approximate surface area is 110 Å². The summed E-state index contributed by atoms with van der Waals surface area (Å²) in [5.41, 5.74) is 2.73. The van der Waals surface area contributed by atoms with Crippen LogP contribution in [0.1, 0.15) is 24.0 Å². The van der Waals surface area contributed by atoms with E-state index < -0.39 is 0 Å². The largest absolute Gasteiger partial charge is 0.490 e. The second kappa shape index (κ2) is 6.76. The molecular formula is C15H24N2O. The van der Waals surface area contributed by atoms with Gasteiger partial charge in [-0.05, 0) is 76.1 Å². The standard InChI is InChI=1S/C15H24N2O/c1-12-3-4-15(11-13(12)5-8-16-2)18-14-6-9-17-10-7-14/h3-4,11,14,16-17H,5-10H2,1-2H3. The Morgan fingerprint density at radius 3 is 2.83 bits per heavy atom. The van der Waals surface area contributed by atoms with Gasteiger partial charge in [0.05, 0.1) is 0 Å². The Hall–Kier alpha value is -1.06. The van der Waals surface area contributed by atoms with Crippen LogP contribution in [0.3, 0.4) is 0 Å². The molecule has 1 aliphatic heterocycles. The maximum Gasteiger partial charge on any atom is 0.120 e. The molecule has 1 aromatic rings. The zero-order valence-corrected chi connectivity index (χ0v) is 11.5. The van der Waals surface area contributed by atoms with Gasteiger partial charge in [0.15, 0.2) is 0 Å². The minimum Gasteiger partial charge on any atom is -0.490 e. The van der Waals surface area contributed by atoms with E-state index in [1.807, 2.05) is 7.05 Å². The molecule has 0 bridgehead atoms. The lowest BCUT2D eigenvalue weighted by molar-refractivity contribution is 0.162. The molecule has 0 atom stereocenters. The molecule has 18 heavy (non-hydrogen) atoms. The SMILES string of the molecule is CNCCc1cc(OC2CCNCC2)ccc1C. The van der Waals surface area contributed by atoms with Crippen molar-refractivity contribution >= 4 is 0 Å². The molecule has 2 rings (SSSR count). The van der Waals surface area contributed by atoms with Crippen molar-refractivity contribution in [3.05, 3.63) is 29.3 Å². The van der Waals surface area contributed by atoms with Crippen LogP contribution >= 0.6 is 0 Å². The van der Waals surface area contributed by atoms with Gasteiger partial charge in [-0.3, -0.25) is 0 Å². The Kier molecular flexibility index (Phi) is 5.02. The summed E-state index contributed by atoms with van der Waals surface area (Å²) < 4.78 is 6.07. The molecule has 1 heterocycles. The Morgan fingerprint density at radius 1 is 1.33 bits per heavy atom. The first-order valence-corrected chi connectivity index (χ1v) is 6.91. The zero-order chi connectivity index (χ0) is 12.8. The molecule has 0 spiro atoms. The lowest BCUT2D eigenvalue weighted by Crippen LogP contribution is -2.34. The molecule has 0 saturated carbocycles. The third kappa shape index (κ3) is 3.72. The van der Waals surface area contributed by atoms with Crippen molar-refractivity contribution in [2.45, 2.75) is 32.3 Å². The summed E-state index contributed by atoms with van der Waals surface area (Å²) in [6.07, 6.45) is 3.66. The fraction of sp³-hybridized carbons (Fsp3) is 0.600. The Balaban J connectivity index is 1.99. The van der Waals surface area contributed by atoms with E-state index in [9.17, 15) is 0 Å². The third-order valence-corrected chi connectivity index (χ3v) is 3.55. The molecule has 1 aliphatic rings. The van der Waals surface area contributed by atoms with E-state index in [2.05, 4.69) is 35.8 Å². The molecule has 0 aliphatic carbocycles. The first-order valence-electron chi connectivity index (χ1n) is 6.91. The molecule has 2 N–H and O–H groups in total. The van der Waals surface area contributed by atoms with E-state index in [1.165, 1.54) is 11.1 Å². The van der Waals surface area contributed by atoms with Crippen LogP contribution in [0, 0.1) is 6.92 Å². The number of likely N-dealkylation sites (N-methyl/N-ethyl adjacent to an activating group) is 1. The van der Waals surface area contributed by atoms with E-state index >= 15 is 0 Å². The molecule has 0 aromatic heterocycles. The van der Waals surface area contributed by atoms with Crippen molar-refractivity contribution in [3.8, 4) is 5.75 Å². The van der Waals surface area contributed by atoms with Gasteiger partial charge in [-0.2, -0.15) is 0 Å². The van der Waals surface area contributed by atoms with E-state index in [1.54, 1.807) is 0 Å². The second-order valence-corrected chi connectivity index (χ2v) is 5.01. The molecule has 3 nitrogen and oxygen atoms in total. The lowest BCUT2D eigenvalue weighted by atomic mass is 10.0. The molecule has 1 saturated heterocycles. The molecule has 0 radical (unpaired) electrons. The van der Waals surface area contributed by atoms with E-state index in [0.29, 0.717) is 6.10 Å². The summed E-state index contributed by atoms with van der Waals surface area (Å²) in [4.78, 5) is 0. The van der Waals surface area contributed by atoms with Gasteiger partial charge in [0.2, 0.25) is 0 Å². The highest BCUT2D eigenvalue weighted by molar-refractivity contribution is 5.35. The first-order chi connectivity index (χ1) is 8.79. The summed E-state index contributed by atoms with van der Waals surface area (Å²) in [5.74, 6) is 1.03. The topological polar surface area (TPSA) is 33.3 Å². The Morgan fingerprint density at radius 2 is 2.11 bits per heavy atom. The minimum absolute atomic E-state index is 0.381. The average Bonchev–Trinajstić information content (AvgIpc) is 2.40. The summed E-state index contributed by atoms with van der Waals surface area (Å²) >= 11 is 0. The summed E-state index contributed by atoms with van der Waals surface area (Å²) in [6, 6.07) is 6.47. The van der Waals surface area contributed by atoms with Gasteiger partial charge in [-0.15, -0.1) is 0 Å². The fourth-order valence-electron chi connectivity index (χ4n) is 2.36. The quantitative estimate of drug-likeness (QED) is 0.835. The van der Waals surface area contributed by atoms with Crippen LogP contribution in [-0.2, 0) is 6.42 Å². The number of hydrogen-bond acceptors (Lipinski definition) is 3. The number of hydrogen-bond donors (Lipinski definition) is 2. The summed E-state index contributed by atoms with van der Waals surface area (Å²) in [7, 11) is 1.99. The van der Waals surface area contributed by atoms with Crippen LogP contribution in [0.5, 0.6) is 5.75 Å². The third-order valence-electron chi connectivity index (χ3n) is 3.55.